The second-order valence-electron chi connectivity index (χ2n) is 5.53. The van der Waals surface area contributed by atoms with E-state index < -0.39 is 10.0 Å². The monoisotopic (exact) mass is 350 g/mol. The van der Waals surface area contributed by atoms with E-state index in [0.717, 1.165) is 42.8 Å². The largest absolute Gasteiger partial charge is 0.339 e. The zero-order valence-corrected chi connectivity index (χ0v) is 14.4. The summed E-state index contributed by atoms with van der Waals surface area (Å²) in [5.41, 5.74) is 1.51. The van der Waals surface area contributed by atoms with Gasteiger partial charge in [-0.25, -0.2) is 8.42 Å². The lowest BCUT2D eigenvalue weighted by Crippen LogP contribution is -2.29. The predicted molar refractivity (Wildman–Crippen MR) is 91.4 cm³/mol. The highest BCUT2D eigenvalue weighted by atomic mass is 32.2. The van der Waals surface area contributed by atoms with E-state index in [-0.39, 0.29) is 10.1 Å². The van der Waals surface area contributed by atoms with Crippen molar-refractivity contribution in [2.45, 2.75) is 24.0 Å². The molecule has 0 saturated carbocycles. The highest BCUT2D eigenvalue weighted by molar-refractivity contribution is 7.94. The normalized spacial score (nSPS) is 14.9. The summed E-state index contributed by atoms with van der Waals surface area (Å²) in [5, 5.41) is 1.71. The van der Waals surface area contributed by atoms with E-state index in [1.807, 2.05) is 0 Å². The zero-order valence-electron chi connectivity index (χ0n) is 12.8. The topological polar surface area (TPSA) is 66.5 Å². The van der Waals surface area contributed by atoms with Crippen LogP contribution >= 0.6 is 11.3 Å². The predicted octanol–water partition coefficient (Wildman–Crippen LogP) is 3.09. The molecule has 1 aliphatic heterocycles. The summed E-state index contributed by atoms with van der Waals surface area (Å²) in [7, 11) is -3.67. The maximum absolute atomic E-state index is 12.7. The van der Waals surface area contributed by atoms with Gasteiger partial charge in [-0.2, -0.15) is 0 Å². The van der Waals surface area contributed by atoms with Crippen LogP contribution in [0.3, 0.4) is 0 Å². The minimum atomic E-state index is -3.67. The Bertz CT molecular complexity index is 808. The van der Waals surface area contributed by atoms with Crippen LogP contribution in [0.25, 0.3) is 0 Å². The number of amides is 1. The average Bonchev–Trinajstić information content (AvgIpc) is 3.22. The highest BCUT2D eigenvalue weighted by Gasteiger charge is 2.25. The highest BCUT2D eigenvalue weighted by Crippen LogP contribution is 2.27. The summed E-state index contributed by atoms with van der Waals surface area (Å²) in [6.45, 7) is 3.25. The molecule has 1 saturated heterocycles. The summed E-state index contributed by atoms with van der Waals surface area (Å²) in [6.07, 6.45) is 1.99. The molecule has 0 bridgehead atoms. The number of rotatable bonds is 4. The molecule has 0 unspecified atom stereocenters. The number of benzene rings is 1. The molecule has 1 aromatic heterocycles. The molecule has 1 aromatic carbocycles. The molecule has 0 atom stereocenters. The van der Waals surface area contributed by atoms with E-state index in [9.17, 15) is 13.2 Å². The van der Waals surface area contributed by atoms with E-state index >= 15 is 0 Å². The Morgan fingerprint density at radius 3 is 2.57 bits per heavy atom. The molecule has 7 heteroatoms. The molecule has 2 heterocycles. The maximum atomic E-state index is 12.7. The van der Waals surface area contributed by atoms with Crippen molar-refractivity contribution in [1.82, 2.24) is 4.90 Å². The van der Waals surface area contributed by atoms with E-state index in [1.54, 1.807) is 47.5 Å². The van der Waals surface area contributed by atoms with Gasteiger partial charge in [-0.05, 0) is 42.8 Å². The van der Waals surface area contributed by atoms with Gasteiger partial charge in [-0.3, -0.25) is 9.52 Å². The van der Waals surface area contributed by atoms with E-state index in [4.69, 9.17) is 0 Å². The van der Waals surface area contributed by atoms with Gasteiger partial charge in [0.2, 0.25) is 0 Å². The Morgan fingerprint density at radius 2 is 1.91 bits per heavy atom. The number of para-hydroxylation sites is 1. The number of carbonyl (C=O) groups excluding carboxylic acids is 1. The fourth-order valence-electron chi connectivity index (χ4n) is 2.67. The molecule has 1 amide bonds. The fraction of sp³-hybridized carbons (Fsp3) is 0.312. The van der Waals surface area contributed by atoms with Crippen molar-refractivity contribution in [3.8, 4) is 0 Å². The number of likely N-dealkylation sites (tertiary alicyclic amines) is 1. The molecule has 1 aliphatic rings. The molecule has 2 aromatic rings. The van der Waals surface area contributed by atoms with Crippen molar-refractivity contribution >= 4 is 33.0 Å². The van der Waals surface area contributed by atoms with Crippen LogP contribution in [0, 0.1) is 6.92 Å². The van der Waals surface area contributed by atoms with Crippen LogP contribution in [-0.4, -0.2) is 32.3 Å². The van der Waals surface area contributed by atoms with E-state index in [0.29, 0.717) is 11.3 Å². The molecule has 3 rings (SSSR count). The van der Waals surface area contributed by atoms with E-state index in [1.165, 1.54) is 0 Å². The van der Waals surface area contributed by atoms with Crippen LogP contribution in [0.2, 0.25) is 0 Å². The van der Waals surface area contributed by atoms with Gasteiger partial charge in [0.15, 0.2) is 0 Å². The lowest BCUT2D eigenvalue weighted by atomic mass is 10.1. The summed E-state index contributed by atoms with van der Waals surface area (Å²) in [4.78, 5) is 14.5. The van der Waals surface area contributed by atoms with Gasteiger partial charge in [0.25, 0.3) is 15.9 Å². The summed E-state index contributed by atoms with van der Waals surface area (Å²) < 4.78 is 27.8. The maximum Gasteiger partial charge on any atom is 0.271 e. The number of nitrogens with zero attached hydrogens (tertiary/aromatic N) is 1. The molecule has 122 valence electrons. The summed E-state index contributed by atoms with van der Waals surface area (Å²) in [6, 6.07) is 8.50. The van der Waals surface area contributed by atoms with Gasteiger partial charge in [0, 0.05) is 13.1 Å². The lowest BCUT2D eigenvalue weighted by molar-refractivity contribution is 0.0794. The SMILES string of the molecule is Cc1cccc(C(=O)N2CCCC2)c1NS(=O)(=O)c1cccs1. The number of hydrogen-bond acceptors (Lipinski definition) is 4. The van der Waals surface area contributed by atoms with Gasteiger partial charge in [0.05, 0.1) is 11.3 Å². The van der Waals surface area contributed by atoms with Crippen molar-refractivity contribution in [3.05, 3.63) is 46.8 Å². The molecule has 1 fully saturated rings. The first-order chi connectivity index (χ1) is 11.0. The lowest BCUT2D eigenvalue weighted by Gasteiger charge is -2.19. The molecule has 0 radical (unpaired) electrons. The quantitative estimate of drug-likeness (QED) is 0.921. The number of carbonyl (C=O) groups is 1. The number of hydrogen-bond donors (Lipinski definition) is 1. The number of aryl methyl sites for hydroxylation is 1. The first-order valence-electron chi connectivity index (χ1n) is 7.44. The Morgan fingerprint density at radius 1 is 1.17 bits per heavy atom. The third-order valence-electron chi connectivity index (χ3n) is 3.89. The van der Waals surface area contributed by atoms with Crippen LogP contribution in [0.4, 0.5) is 5.69 Å². The number of sulfonamides is 1. The third-order valence-corrected chi connectivity index (χ3v) is 6.64. The first kappa shape index (κ1) is 16.0. The number of anilines is 1. The molecular formula is C16H18N2O3S2. The standard InChI is InChI=1S/C16H18N2O3S2/c1-12-6-4-7-13(16(19)18-9-2-3-10-18)15(12)17-23(20,21)14-8-5-11-22-14/h4-8,11,17H,2-3,9-10H2,1H3. The Balaban J connectivity index is 1.97. The minimum absolute atomic E-state index is 0.116. The first-order valence-corrected chi connectivity index (χ1v) is 9.80. The van der Waals surface area contributed by atoms with Crippen molar-refractivity contribution in [2.24, 2.45) is 0 Å². The summed E-state index contributed by atoms with van der Waals surface area (Å²) >= 11 is 1.15. The Labute approximate surface area is 140 Å². The Kier molecular flexibility index (Phi) is 4.41. The second kappa shape index (κ2) is 6.33. The average molecular weight is 350 g/mol. The minimum Gasteiger partial charge on any atom is -0.339 e. The van der Waals surface area contributed by atoms with Crippen molar-refractivity contribution in [1.29, 1.82) is 0 Å². The molecule has 23 heavy (non-hydrogen) atoms. The van der Waals surface area contributed by atoms with Gasteiger partial charge in [-0.15, -0.1) is 11.3 Å². The zero-order chi connectivity index (χ0) is 16.4. The van der Waals surface area contributed by atoms with Gasteiger partial charge < -0.3 is 4.90 Å². The van der Waals surface area contributed by atoms with Crippen LogP contribution in [0.5, 0.6) is 0 Å². The molecule has 1 N–H and O–H groups in total. The van der Waals surface area contributed by atoms with E-state index in [2.05, 4.69) is 4.72 Å². The van der Waals surface area contributed by atoms with Crippen LogP contribution in [-0.2, 0) is 10.0 Å². The molecular weight excluding hydrogens is 332 g/mol. The van der Waals surface area contributed by atoms with Gasteiger partial charge in [0.1, 0.15) is 4.21 Å². The number of nitrogens with one attached hydrogen (secondary N) is 1. The Hall–Kier alpha value is -1.86. The van der Waals surface area contributed by atoms with Crippen LogP contribution < -0.4 is 4.72 Å². The van der Waals surface area contributed by atoms with Gasteiger partial charge in [-0.1, -0.05) is 18.2 Å². The van der Waals surface area contributed by atoms with Crippen LogP contribution in [0.1, 0.15) is 28.8 Å². The summed E-state index contributed by atoms with van der Waals surface area (Å²) in [5.74, 6) is -0.116. The van der Waals surface area contributed by atoms with Crippen LogP contribution in [0.15, 0.2) is 39.9 Å². The molecule has 0 spiro atoms. The fourth-order valence-corrected chi connectivity index (χ4v) is 4.82. The third kappa shape index (κ3) is 3.25. The van der Waals surface area contributed by atoms with Crippen molar-refractivity contribution in [3.63, 3.8) is 0 Å². The smallest absolute Gasteiger partial charge is 0.271 e. The molecule has 0 aliphatic carbocycles. The van der Waals surface area contributed by atoms with Gasteiger partial charge >= 0.3 is 0 Å². The van der Waals surface area contributed by atoms with Crippen molar-refractivity contribution in [2.75, 3.05) is 17.8 Å². The molecule has 5 nitrogen and oxygen atoms in total. The second-order valence-corrected chi connectivity index (χ2v) is 8.39. The number of thiophene rings is 1. The van der Waals surface area contributed by atoms with Crippen molar-refractivity contribution < 1.29 is 13.2 Å².